The van der Waals surface area contributed by atoms with Crippen molar-refractivity contribution in [2.45, 2.75) is 12.1 Å². The lowest BCUT2D eigenvalue weighted by Gasteiger charge is -2.19. The summed E-state index contributed by atoms with van der Waals surface area (Å²) in [6.45, 7) is -0.517. The van der Waals surface area contributed by atoms with Gasteiger partial charge in [0.2, 0.25) is 5.82 Å². The summed E-state index contributed by atoms with van der Waals surface area (Å²) in [5.41, 5.74) is 5.65. The minimum absolute atomic E-state index is 0. The maximum atomic E-state index is 14.4. The van der Waals surface area contributed by atoms with Crippen molar-refractivity contribution in [2.75, 3.05) is 13.2 Å². The molecule has 0 bridgehead atoms. The molecule has 1 aliphatic heterocycles. The smallest absolute Gasteiger partial charge is 0.408 e. The Labute approximate surface area is 153 Å². The van der Waals surface area contributed by atoms with Crippen molar-refractivity contribution in [1.82, 2.24) is 25.5 Å². The van der Waals surface area contributed by atoms with E-state index in [9.17, 15) is 14.0 Å². The van der Waals surface area contributed by atoms with Gasteiger partial charge >= 0.3 is 12.1 Å². The third kappa shape index (κ3) is 3.89. The van der Waals surface area contributed by atoms with Crippen molar-refractivity contribution < 1.29 is 23.5 Å². The molecule has 2 aromatic rings. The van der Waals surface area contributed by atoms with Gasteiger partial charge in [0.15, 0.2) is 6.10 Å². The number of rotatable bonds is 5. The maximum Gasteiger partial charge on any atom is 0.408 e. The van der Waals surface area contributed by atoms with Crippen LogP contribution in [0.3, 0.4) is 0 Å². The van der Waals surface area contributed by atoms with Gasteiger partial charge in [-0.2, -0.15) is 4.80 Å². The molecule has 1 amide bonds. The topological polar surface area (TPSA) is 134 Å². The second-order valence-electron chi connectivity index (χ2n) is 5.26. The van der Waals surface area contributed by atoms with Gasteiger partial charge in [0.25, 0.3) is 0 Å². The lowest BCUT2D eigenvalue weighted by molar-refractivity contribution is -0.144. The largest absolute Gasteiger partial charge is 0.461 e. The molecule has 3 rings (SSSR count). The van der Waals surface area contributed by atoms with Gasteiger partial charge in [0.1, 0.15) is 12.4 Å². The molecule has 140 valence electrons. The standard InChI is InChI=1S/C14H15FN6O4.ClH/c1-21-19-13(18-20-21)11-7(3-2-4-8(11)15)12-9(25-14(23)17-12)6-24-10(22)5-16;/h2-4,9,12H,5-6,16H2,1H3,(H,17,23);1H. The lowest BCUT2D eigenvalue weighted by atomic mass is 9.96. The van der Waals surface area contributed by atoms with Crippen LogP contribution in [0.1, 0.15) is 11.6 Å². The number of carbonyl (C=O) groups excluding carboxylic acids is 2. The fraction of sp³-hybridized carbons (Fsp3) is 0.357. The number of tetrazole rings is 1. The van der Waals surface area contributed by atoms with Crippen molar-refractivity contribution >= 4 is 24.5 Å². The molecule has 0 aliphatic carbocycles. The molecule has 0 radical (unpaired) electrons. The second-order valence-corrected chi connectivity index (χ2v) is 5.26. The molecular weight excluding hydrogens is 371 g/mol. The van der Waals surface area contributed by atoms with Crippen LogP contribution in [0.4, 0.5) is 9.18 Å². The van der Waals surface area contributed by atoms with E-state index in [0.29, 0.717) is 5.56 Å². The van der Waals surface area contributed by atoms with E-state index in [4.69, 9.17) is 15.2 Å². The zero-order valence-electron chi connectivity index (χ0n) is 13.6. The van der Waals surface area contributed by atoms with E-state index in [-0.39, 0.29) is 36.9 Å². The maximum absolute atomic E-state index is 14.4. The van der Waals surface area contributed by atoms with Gasteiger partial charge in [0.05, 0.1) is 25.2 Å². The van der Waals surface area contributed by atoms with Crippen LogP contribution in [0.2, 0.25) is 0 Å². The summed E-state index contributed by atoms with van der Waals surface area (Å²) in [7, 11) is 1.55. The van der Waals surface area contributed by atoms with Crippen LogP contribution in [0.5, 0.6) is 0 Å². The molecule has 1 aromatic heterocycles. The Balaban J connectivity index is 0.00000243. The number of ether oxygens (including phenoxy) is 2. The normalized spacial score (nSPS) is 18.7. The van der Waals surface area contributed by atoms with Crippen LogP contribution < -0.4 is 11.1 Å². The monoisotopic (exact) mass is 386 g/mol. The van der Waals surface area contributed by atoms with E-state index in [0.717, 1.165) is 0 Å². The Hall–Kier alpha value is -2.79. The van der Waals surface area contributed by atoms with Gasteiger partial charge < -0.3 is 20.5 Å². The molecule has 0 saturated carbocycles. The van der Waals surface area contributed by atoms with E-state index in [1.54, 1.807) is 13.1 Å². The quantitative estimate of drug-likeness (QED) is 0.690. The molecule has 2 atom stereocenters. The Morgan fingerprint density at radius 1 is 1.50 bits per heavy atom. The number of benzene rings is 1. The molecule has 10 nitrogen and oxygen atoms in total. The molecule has 2 unspecified atom stereocenters. The predicted molar refractivity (Wildman–Crippen MR) is 87.6 cm³/mol. The molecule has 26 heavy (non-hydrogen) atoms. The first-order valence-corrected chi connectivity index (χ1v) is 7.35. The van der Waals surface area contributed by atoms with Crippen molar-refractivity contribution in [1.29, 1.82) is 0 Å². The fourth-order valence-electron chi connectivity index (χ4n) is 2.52. The minimum Gasteiger partial charge on any atom is -0.461 e. The number of esters is 1. The average Bonchev–Trinajstić information content (AvgIpc) is 3.17. The number of nitrogens with two attached hydrogens (primary N) is 1. The van der Waals surface area contributed by atoms with Gasteiger partial charge in [-0.1, -0.05) is 12.1 Å². The number of alkyl carbamates (subject to hydrolysis) is 1. The number of hydrogen-bond donors (Lipinski definition) is 2. The van der Waals surface area contributed by atoms with Gasteiger partial charge in [-0.25, -0.2) is 9.18 Å². The highest BCUT2D eigenvalue weighted by atomic mass is 35.5. The average molecular weight is 387 g/mol. The Morgan fingerprint density at radius 2 is 2.27 bits per heavy atom. The number of hydrogen-bond acceptors (Lipinski definition) is 8. The number of carbonyl (C=O) groups is 2. The number of amides is 1. The number of cyclic esters (lactones) is 1. The third-order valence-electron chi connectivity index (χ3n) is 3.59. The number of aryl methyl sites for hydroxylation is 1. The molecular formula is C14H16ClFN6O4. The highest BCUT2D eigenvalue weighted by molar-refractivity contribution is 5.85. The van der Waals surface area contributed by atoms with Gasteiger partial charge in [-0.15, -0.1) is 22.6 Å². The van der Waals surface area contributed by atoms with Crippen LogP contribution in [-0.2, 0) is 21.3 Å². The van der Waals surface area contributed by atoms with Gasteiger partial charge in [-0.05, 0) is 16.8 Å². The molecule has 0 spiro atoms. The zero-order valence-corrected chi connectivity index (χ0v) is 14.4. The van der Waals surface area contributed by atoms with Crippen LogP contribution >= 0.6 is 12.4 Å². The number of halogens is 2. The number of nitrogens with one attached hydrogen (secondary N) is 1. The number of aromatic nitrogens is 4. The molecule has 2 heterocycles. The highest BCUT2D eigenvalue weighted by Gasteiger charge is 2.38. The zero-order chi connectivity index (χ0) is 18.0. The first-order chi connectivity index (χ1) is 12.0. The summed E-state index contributed by atoms with van der Waals surface area (Å²) in [5, 5.41) is 14.1. The highest BCUT2D eigenvalue weighted by Crippen LogP contribution is 2.33. The van der Waals surface area contributed by atoms with Gasteiger partial charge in [-0.3, -0.25) is 4.79 Å². The van der Waals surface area contributed by atoms with Crippen molar-refractivity contribution in [3.05, 3.63) is 29.6 Å². The van der Waals surface area contributed by atoms with Crippen molar-refractivity contribution in [2.24, 2.45) is 12.8 Å². The van der Waals surface area contributed by atoms with Crippen LogP contribution in [0, 0.1) is 5.82 Å². The molecule has 1 aliphatic rings. The first kappa shape index (κ1) is 19.5. The Morgan fingerprint density at radius 3 is 2.92 bits per heavy atom. The second kappa shape index (κ2) is 8.06. The summed E-state index contributed by atoms with van der Waals surface area (Å²) < 4.78 is 24.5. The van der Waals surface area contributed by atoms with E-state index >= 15 is 0 Å². The van der Waals surface area contributed by atoms with E-state index in [1.165, 1.54) is 16.9 Å². The third-order valence-corrected chi connectivity index (χ3v) is 3.59. The fourth-order valence-corrected chi connectivity index (χ4v) is 2.52. The first-order valence-electron chi connectivity index (χ1n) is 7.35. The van der Waals surface area contributed by atoms with Crippen LogP contribution in [0.25, 0.3) is 11.4 Å². The summed E-state index contributed by atoms with van der Waals surface area (Å²) >= 11 is 0. The Bertz CT molecular complexity index is 816. The summed E-state index contributed by atoms with van der Waals surface area (Å²) in [6, 6.07) is 3.58. The molecule has 1 saturated heterocycles. The minimum atomic E-state index is -0.847. The summed E-state index contributed by atoms with van der Waals surface area (Å²) in [6.07, 6.45) is -1.55. The predicted octanol–water partition coefficient (Wildman–Crippen LogP) is 0.0894. The Kier molecular flexibility index (Phi) is 6.05. The lowest BCUT2D eigenvalue weighted by Crippen LogP contribution is -2.29. The van der Waals surface area contributed by atoms with E-state index < -0.39 is 30.0 Å². The molecule has 1 aromatic carbocycles. The van der Waals surface area contributed by atoms with E-state index in [1.807, 2.05) is 0 Å². The molecule has 1 fully saturated rings. The molecule has 3 N–H and O–H groups in total. The van der Waals surface area contributed by atoms with Crippen LogP contribution in [-0.4, -0.2) is 51.5 Å². The van der Waals surface area contributed by atoms with Crippen LogP contribution in [0.15, 0.2) is 18.2 Å². The van der Waals surface area contributed by atoms with Crippen molar-refractivity contribution in [3.8, 4) is 11.4 Å². The van der Waals surface area contributed by atoms with Crippen molar-refractivity contribution in [3.63, 3.8) is 0 Å². The van der Waals surface area contributed by atoms with Gasteiger partial charge in [0, 0.05) is 0 Å². The SMILES string of the molecule is Cl.Cn1nnc(-c2c(F)cccc2C2NC(=O)OC2COC(=O)CN)n1. The summed E-state index contributed by atoms with van der Waals surface area (Å²) in [4.78, 5) is 24.1. The summed E-state index contributed by atoms with van der Waals surface area (Å²) in [5.74, 6) is -1.16. The molecule has 12 heteroatoms. The van der Waals surface area contributed by atoms with E-state index in [2.05, 4.69) is 20.7 Å². The number of nitrogens with zero attached hydrogens (tertiary/aromatic N) is 4.